The van der Waals surface area contributed by atoms with Crippen LogP contribution in [0.2, 0.25) is 10.0 Å². The van der Waals surface area contributed by atoms with Crippen LogP contribution in [0.15, 0.2) is 18.2 Å². The van der Waals surface area contributed by atoms with Crippen molar-refractivity contribution < 1.29 is 14.6 Å². The van der Waals surface area contributed by atoms with Gasteiger partial charge in [0.2, 0.25) is 0 Å². The Kier molecular flexibility index (Phi) is 7.43. The van der Waals surface area contributed by atoms with Gasteiger partial charge in [-0.1, -0.05) is 23.2 Å². The van der Waals surface area contributed by atoms with Crippen LogP contribution < -0.4 is 10.1 Å². The lowest BCUT2D eigenvalue weighted by atomic mass is 9.99. The molecule has 1 fully saturated rings. The van der Waals surface area contributed by atoms with E-state index in [1.807, 2.05) is 0 Å². The first-order valence-electron chi connectivity index (χ1n) is 7.76. The molecule has 1 aromatic carbocycles. The van der Waals surface area contributed by atoms with Crippen molar-refractivity contribution in [1.29, 1.82) is 0 Å². The van der Waals surface area contributed by atoms with E-state index in [9.17, 15) is 9.90 Å². The fourth-order valence-electron chi connectivity index (χ4n) is 2.64. The molecular weight excluding hydrogens is 339 g/mol. The van der Waals surface area contributed by atoms with Crippen LogP contribution in [0, 0.1) is 5.92 Å². The molecule has 0 radical (unpaired) electrons. The predicted octanol–water partition coefficient (Wildman–Crippen LogP) is 2.19. The first-order valence-corrected chi connectivity index (χ1v) is 8.52. The van der Waals surface area contributed by atoms with Gasteiger partial charge in [0.25, 0.3) is 5.91 Å². The molecule has 0 aromatic heterocycles. The van der Waals surface area contributed by atoms with Crippen LogP contribution >= 0.6 is 23.2 Å². The molecule has 23 heavy (non-hydrogen) atoms. The fraction of sp³-hybridized carbons (Fsp3) is 0.562. The van der Waals surface area contributed by atoms with Gasteiger partial charge < -0.3 is 20.1 Å². The van der Waals surface area contributed by atoms with E-state index in [-0.39, 0.29) is 19.1 Å². The maximum atomic E-state index is 11.8. The number of ether oxygens (including phenoxy) is 1. The Morgan fingerprint density at radius 2 is 2.26 bits per heavy atom. The van der Waals surface area contributed by atoms with Gasteiger partial charge in [0.1, 0.15) is 5.75 Å². The van der Waals surface area contributed by atoms with E-state index in [1.165, 1.54) is 0 Å². The van der Waals surface area contributed by atoms with Gasteiger partial charge in [-0.3, -0.25) is 4.79 Å². The summed E-state index contributed by atoms with van der Waals surface area (Å²) in [6.07, 6.45) is 2.17. The molecule has 7 heteroatoms. The zero-order chi connectivity index (χ0) is 16.7. The van der Waals surface area contributed by atoms with E-state index in [4.69, 9.17) is 27.9 Å². The summed E-state index contributed by atoms with van der Waals surface area (Å²) in [5.41, 5.74) is 0. The number of hydrogen-bond acceptors (Lipinski definition) is 4. The number of carbonyl (C=O) groups excluding carboxylic acids is 1. The standard InChI is InChI=1S/C16H22Cl2N2O3/c17-13-3-4-15(14(18)8-13)23-11-16(22)19-5-7-20-6-1-2-12(9-20)10-21/h3-4,8,12,21H,1-2,5-7,9-11H2,(H,19,22)/t12-/m0/s1. The molecule has 1 amide bonds. The minimum atomic E-state index is -0.188. The molecule has 0 saturated carbocycles. The number of nitrogens with one attached hydrogen (secondary N) is 1. The lowest BCUT2D eigenvalue weighted by Crippen LogP contribution is -2.42. The summed E-state index contributed by atoms with van der Waals surface area (Å²) in [5, 5.41) is 12.9. The van der Waals surface area contributed by atoms with Crippen LogP contribution in [-0.4, -0.2) is 55.3 Å². The average Bonchev–Trinajstić information content (AvgIpc) is 2.54. The van der Waals surface area contributed by atoms with Crippen LogP contribution in [0.1, 0.15) is 12.8 Å². The van der Waals surface area contributed by atoms with Gasteiger partial charge in [0.05, 0.1) is 5.02 Å². The predicted molar refractivity (Wildman–Crippen MR) is 91.2 cm³/mol. The molecule has 0 spiro atoms. The maximum Gasteiger partial charge on any atom is 0.257 e. The quantitative estimate of drug-likeness (QED) is 0.782. The van der Waals surface area contributed by atoms with Crippen molar-refractivity contribution in [2.45, 2.75) is 12.8 Å². The highest BCUT2D eigenvalue weighted by Crippen LogP contribution is 2.27. The van der Waals surface area contributed by atoms with Crippen LogP contribution in [0.25, 0.3) is 0 Å². The molecule has 1 atom stereocenters. The third-order valence-electron chi connectivity index (χ3n) is 3.86. The first kappa shape index (κ1) is 18.3. The van der Waals surface area contributed by atoms with Crippen molar-refractivity contribution in [2.24, 2.45) is 5.92 Å². The van der Waals surface area contributed by atoms with Crippen molar-refractivity contribution in [2.75, 3.05) is 39.4 Å². The minimum Gasteiger partial charge on any atom is -0.482 e. The van der Waals surface area contributed by atoms with E-state index in [2.05, 4.69) is 10.2 Å². The van der Waals surface area contributed by atoms with Crippen molar-refractivity contribution in [3.63, 3.8) is 0 Å². The molecule has 2 N–H and O–H groups in total. The smallest absolute Gasteiger partial charge is 0.257 e. The zero-order valence-corrected chi connectivity index (χ0v) is 14.4. The molecule has 2 rings (SSSR count). The highest BCUT2D eigenvalue weighted by molar-refractivity contribution is 6.35. The minimum absolute atomic E-state index is 0.0827. The topological polar surface area (TPSA) is 61.8 Å². The molecule has 0 bridgehead atoms. The van der Waals surface area contributed by atoms with Gasteiger partial charge in [0.15, 0.2) is 6.61 Å². The summed E-state index contributed by atoms with van der Waals surface area (Å²) >= 11 is 11.8. The van der Waals surface area contributed by atoms with Gasteiger partial charge in [-0.25, -0.2) is 0 Å². The summed E-state index contributed by atoms with van der Waals surface area (Å²) in [5.74, 6) is 0.606. The molecule has 128 valence electrons. The number of aliphatic hydroxyl groups is 1. The Morgan fingerprint density at radius 3 is 3.00 bits per heavy atom. The van der Waals surface area contributed by atoms with E-state index in [1.54, 1.807) is 18.2 Å². The summed E-state index contributed by atoms with van der Waals surface area (Å²) in [4.78, 5) is 14.1. The van der Waals surface area contributed by atoms with E-state index in [0.717, 1.165) is 32.5 Å². The highest BCUT2D eigenvalue weighted by atomic mass is 35.5. The average molecular weight is 361 g/mol. The monoisotopic (exact) mass is 360 g/mol. The van der Waals surface area contributed by atoms with Gasteiger partial charge in [0, 0.05) is 31.3 Å². The fourth-order valence-corrected chi connectivity index (χ4v) is 3.11. The molecule has 1 aliphatic rings. The molecular formula is C16H22Cl2N2O3. The highest BCUT2D eigenvalue weighted by Gasteiger charge is 2.18. The SMILES string of the molecule is O=C(COc1ccc(Cl)cc1Cl)NCCN1CCC[C@H](CO)C1. The number of carbonyl (C=O) groups is 1. The Labute approximate surface area is 146 Å². The van der Waals surface area contributed by atoms with Crippen LogP contribution in [0.4, 0.5) is 0 Å². The molecule has 5 nitrogen and oxygen atoms in total. The second kappa shape index (κ2) is 9.33. The van der Waals surface area contributed by atoms with Crippen molar-refractivity contribution in [3.8, 4) is 5.75 Å². The lowest BCUT2D eigenvalue weighted by Gasteiger charge is -2.31. The molecule has 0 aliphatic carbocycles. The third kappa shape index (κ3) is 6.18. The van der Waals surface area contributed by atoms with E-state index < -0.39 is 0 Å². The summed E-state index contributed by atoms with van der Waals surface area (Å²) < 4.78 is 5.38. The van der Waals surface area contributed by atoms with Crippen LogP contribution in [-0.2, 0) is 4.79 Å². The van der Waals surface area contributed by atoms with Gasteiger partial charge >= 0.3 is 0 Å². The van der Waals surface area contributed by atoms with Gasteiger partial charge in [-0.05, 0) is 43.5 Å². The molecule has 1 aliphatic heterocycles. The van der Waals surface area contributed by atoms with Gasteiger partial charge in [-0.2, -0.15) is 0 Å². The number of nitrogens with zero attached hydrogens (tertiary/aromatic N) is 1. The Bertz CT molecular complexity index is 528. The number of rotatable bonds is 7. The zero-order valence-electron chi connectivity index (χ0n) is 12.9. The Morgan fingerprint density at radius 1 is 1.43 bits per heavy atom. The van der Waals surface area contributed by atoms with Crippen molar-refractivity contribution in [3.05, 3.63) is 28.2 Å². The molecule has 0 unspecified atom stereocenters. The normalized spacial score (nSPS) is 18.7. The summed E-state index contributed by atoms with van der Waals surface area (Å²) in [6, 6.07) is 4.87. The largest absolute Gasteiger partial charge is 0.482 e. The lowest BCUT2D eigenvalue weighted by molar-refractivity contribution is -0.123. The third-order valence-corrected chi connectivity index (χ3v) is 4.39. The summed E-state index contributed by atoms with van der Waals surface area (Å²) in [6.45, 7) is 3.41. The first-order chi connectivity index (χ1) is 11.1. The number of aliphatic hydroxyl groups excluding tert-OH is 1. The molecule has 1 aromatic rings. The van der Waals surface area contributed by atoms with E-state index in [0.29, 0.717) is 28.3 Å². The number of amides is 1. The Balaban J connectivity index is 1.65. The number of piperidine rings is 1. The second-order valence-electron chi connectivity index (χ2n) is 5.70. The van der Waals surface area contributed by atoms with Crippen LogP contribution in [0.5, 0.6) is 5.75 Å². The van der Waals surface area contributed by atoms with Gasteiger partial charge in [-0.15, -0.1) is 0 Å². The molecule has 1 heterocycles. The summed E-state index contributed by atoms with van der Waals surface area (Å²) in [7, 11) is 0. The maximum absolute atomic E-state index is 11.8. The van der Waals surface area contributed by atoms with Crippen LogP contribution in [0.3, 0.4) is 0 Å². The Hall–Kier alpha value is -1.01. The number of halogens is 2. The number of likely N-dealkylation sites (tertiary alicyclic amines) is 1. The number of benzene rings is 1. The van der Waals surface area contributed by atoms with E-state index >= 15 is 0 Å². The van der Waals surface area contributed by atoms with Crippen molar-refractivity contribution >= 4 is 29.1 Å². The molecule has 1 saturated heterocycles. The number of hydrogen-bond donors (Lipinski definition) is 2. The van der Waals surface area contributed by atoms with Crippen molar-refractivity contribution in [1.82, 2.24) is 10.2 Å². The second-order valence-corrected chi connectivity index (χ2v) is 6.55.